The number of rotatable bonds is 10. The topological polar surface area (TPSA) is 148 Å². The number of alkyl halides is 2. The largest absolute Gasteiger partial charge is 0.461 e. The molecule has 1 aliphatic heterocycles. The van der Waals surface area contributed by atoms with Crippen molar-refractivity contribution in [3.63, 3.8) is 0 Å². The van der Waals surface area contributed by atoms with E-state index < -0.39 is 26.3 Å². The van der Waals surface area contributed by atoms with Gasteiger partial charge in [-0.05, 0) is 5.56 Å². The first kappa shape index (κ1) is 23.0. The second-order valence-corrected chi connectivity index (χ2v) is 8.50. The van der Waals surface area contributed by atoms with Crippen LogP contribution in [0.4, 0.5) is 20.4 Å². The molecular formula is C18H21F2N4O6P. The lowest BCUT2D eigenvalue weighted by molar-refractivity contribution is -0.117. The van der Waals surface area contributed by atoms with E-state index >= 15 is 0 Å². The first-order valence-electron chi connectivity index (χ1n) is 9.23. The van der Waals surface area contributed by atoms with Crippen molar-refractivity contribution in [3.8, 4) is 6.01 Å². The SMILES string of the molecule is Nc1nc(OCCOCCC(F)(F)P(=O)(O)O)nc2c1CC(=O)N2Cc1ccccc1. The quantitative estimate of drug-likeness (QED) is 0.357. The van der Waals surface area contributed by atoms with E-state index in [2.05, 4.69) is 9.97 Å². The number of fused-ring (bicyclic) bond motifs is 1. The van der Waals surface area contributed by atoms with Crippen LogP contribution in [0.15, 0.2) is 30.3 Å². The first-order valence-corrected chi connectivity index (χ1v) is 10.8. The number of hydrogen-bond donors (Lipinski definition) is 3. The Balaban J connectivity index is 1.56. The fourth-order valence-electron chi connectivity index (χ4n) is 2.85. The molecule has 0 unspecified atom stereocenters. The maximum absolute atomic E-state index is 13.2. The van der Waals surface area contributed by atoms with Crippen LogP contribution in [0.5, 0.6) is 6.01 Å². The molecule has 31 heavy (non-hydrogen) atoms. The molecule has 4 N–H and O–H groups in total. The van der Waals surface area contributed by atoms with Crippen LogP contribution in [-0.4, -0.2) is 51.1 Å². The predicted octanol–water partition coefficient (Wildman–Crippen LogP) is 1.70. The second kappa shape index (κ2) is 9.23. The molecule has 1 aromatic carbocycles. The van der Waals surface area contributed by atoms with Gasteiger partial charge in [0.1, 0.15) is 18.2 Å². The Morgan fingerprint density at radius 3 is 2.55 bits per heavy atom. The molecule has 10 nitrogen and oxygen atoms in total. The molecule has 0 atom stereocenters. The van der Waals surface area contributed by atoms with Gasteiger partial charge in [-0.2, -0.15) is 18.7 Å². The highest BCUT2D eigenvalue weighted by atomic mass is 31.2. The number of carbonyl (C=O) groups is 1. The molecule has 0 saturated carbocycles. The normalized spacial score (nSPS) is 14.1. The van der Waals surface area contributed by atoms with E-state index in [1.54, 1.807) is 0 Å². The van der Waals surface area contributed by atoms with E-state index in [1.807, 2.05) is 30.3 Å². The molecule has 0 radical (unpaired) electrons. The Morgan fingerprint density at radius 1 is 1.16 bits per heavy atom. The van der Waals surface area contributed by atoms with Crippen LogP contribution in [-0.2, 0) is 27.1 Å². The summed E-state index contributed by atoms with van der Waals surface area (Å²) >= 11 is 0. The Labute approximate surface area is 176 Å². The van der Waals surface area contributed by atoms with Gasteiger partial charge in [0.15, 0.2) is 0 Å². The zero-order chi connectivity index (χ0) is 22.6. The van der Waals surface area contributed by atoms with Crippen molar-refractivity contribution in [3.05, 3.63) is 41.5 Å². The third kappa shape index (κ3) is 5.53. The molecule has 3 rings (SSSR count). The molecule has 0 fully saturated rings. The Kier molecular flexibility index (Phi) is 6.85. The fraction of sp³-hybridized carbons (Fsp3) is 0.389. The van der Waals surface area contributed by atoms with Crippen molar-refractivity contribution in [2.24, 2.45) is 0 Å². The van der Waals surface area contributed by atoms with Gasteiger partial charge in [-0.25, -0.2) is 0 Å². The van der Waals surface area contributed by atoms with Gasteiger partial charge in [-0.15, -0.1) is 0 Å². The minimum Gasteiger partial charge on any atom is -0.461 e. The summed E-state index contributed by atoms with van der Waals surface area (Å²) in [4.78, 5) is 39.2. The number of anilines is 2. The summed E-state index contributed by atoms with van der Waals surface area (Å²) in [6.07, 6.45) is -1.05. The van der Waals surface area contributed by atoms with E-state index in [4.69, 9.17) is 25.0 Å². The molecule has 2 aromatic rings. The van der Waals surface area contributed by atoms with Gasteiger partial charge in [0, 0.05) is 12.0 Å². The summed E-state index contributed by atoms with van der Waals surface area (Å²) in [7, 11) is -5.53. The monoisotopic (exact) mass is 458 g/mol. The van der Waals surface area contributed by atoms with Gasteiger partial charge in [-0.3, -0.25) is 14.3 Å². The van der Waals surface area contributed by atoms with E-state index in [1.165, 1.54) is 4.90 Å². The third-order valence-electron chi connectivity index (χ3n) is 4.50. The van der Waals surface area contributed by atoms with Gasteiger partial charge < -0.3 is 25.0 Å². The van der Waals surface area contributed by atoms with Gasteiger partial charge in [-0.1, -0.05) is 30.3 Å². The molecule has 1 aliphatic rings. The highest BCUT2D eigenvalue weighted by molar-refractivity contribution is 7.53. The molecular weight excluding hydrogens is 437 g/mol. The lowest BCUT2D eigenvalue weighted by Crippen LogP contribution is -2.26. The molecule has 1 amide bonds. The average molecular weight is 458 g/mol. The summed E-state index contributed by atoms with van der Waals surface area (Å²) in [5.74, 6) is 0.274. The maximum Gasteiger partial charge on any atom is 0.394 e. The summed E-state index contributed by atoms with van der Waals surface area (Å²) in [5.41, 5.74) is 3.19. The van der Waals surface area contributed by atoms with Crippen LogP contribution < -0.4 is 15.4 Å². The van der Waals surface area contributed by atoms with Crippen LogP contribution in [0.2, 0.25) is 0 Å². The van der Waals surface area contributed by atoms with Crippen LogP contribution in [0.3, 0.4) is 0 Å². The van der Waals surface area contributed by atoms with Crippen molar-refractivity contribution in [2.45, 2.75) is 25.1 Å². The molecule has 0 bridgehead atoms. The zero-order valence-corrected chi connectivity index (χ0v) is 17.2. The number of benzene rings is 1. The molecule has 1 aromatic heterocycles. The molecule has 2 heterocycles. The number of amides is 1. The average Bonchev–Trinajstić information content (AvgIpc) is 3.01. The van der Waals surface area contributed by atoms with E-state index in [0.29, 0.717) is 17.9 Å². The molecule has 0 aliphatic carbocycles. The van der Waals surface area contributed by atoms with E-state index in [-0.39, 0.29) is 37.4 Å². The van der Waals surface area contributed by atoms with Crippen molar-refractivity contribution in [1.29, 1.82) is 0 Å². The second-order valence-electron chi connectivity index (χ2n) is 6.76. The molecule has 13 heteroatoms. The molecule has 168 valence electrons. The highest BCUT2D eigenvalue weighted by Gasteiger charge is 2.48. The van der Waals surface area contributed by atoms with Gasteiger partial charge in [0.2, 0.25) is 5.91 Å². The number of nitrogens with two attached hydrogens (primary N) is 1. The van der Waals surface area contributed by atoms with E-state index in [9.17, 15) is 18.1 Å². The lowest BCUT2D eigenvalue weighted by atomic mass is 10.2. The van der Waals surface area contributed by atoms with Crippen LogP contribution in [0, 0.1) is 0 Å². The Bertz CT molecular complexity index is 989. The number of hydrogen-bond acceptors (Lipinski definition) is 7. The molecule has 0 spiro atoms. The van der Waals surface area contributed by atoms with Crippen LogP contribution >= 0.6 is 7.60 Å². The number of nitrogen functional groups attached to an aromatic ring is 1. The van der Waals surface area contributed by atoms with E-state index in [0.717, 1.165) is 5.56 Å². The van der Waals surface area contributed by atoms with Gasteiger partial charge in [0.25, 0.3) is 0 Å². The number of ether oxygens (including phenoxy) is 2. The standard InChI is InChI=1S/C18H21F2N4O6P/c19-18(20,31(26,27)28)6-7-29-8-9-30-17-22-15(21)13-10-14(25)24(16(13)23-17)11-12-4-2-1-3-5-12/h1-5H,6-11H2,(H2,21,22,23)(H2,26,27,28). The minimum atomic E-state index is -5.53. The maximum atomic E-state index is 13.2. The lowest BCUT2D eigenvalue weighted by Gasteiger charge is -2.18. The molecule has 0 saturated heterocycles. The van der Waals surface area contributed by atoms with Gasteiger partial charge in [0.05, 0.1) is 26.2 Å². The number of aromatic nitrogens is 2. The Morgan fingerprint density at radius 2 is 1.87 bits per heavy atom. The van der Waals surface area contributed by atoms with Crippen LogP contribution in [0.1, 0.15) is 17.5 Å². The smallest absolute Gasteiger partial charge is 0.394 e. The summed E-state index contributed by atoms with van der Waals surface area (Å²) in [6, 6.07) is 9.23. The summed E-state index contributed by atoms with van der Waals surface area (Å²) < 4.78 is 47.2. The first-order chi connectivity index (χ1) is 14.6. The number of halogens is 2. The zero-order valence-electron chi connectivity index (χ0n) is 16.3. The third-order valence-corrected chi connectivity index (χ3v) is 5.57. The van der Waals surface area contributed by atoms with Crippen molar-refractivity contribution >= 4 is 25.1 Å². The summed E-state index contributed by atoms with van der Waals surface area (Å²) in [5, 5.41) is 0. The van der Waals surface area contributed by atoms with Crippen molar-refractivity contribution in [1.82, 2.24) is 9.97 Å². The predicted molar refractivity (Wildman–Crippen MR) is 106 cm³/mol. The summed E-state index contributed by atoms with van der Waals surface area (Å²) in [6.45, 7) is -0.538. The number of nitrogens with zero attached hydrogens (tertiary/aromatic N) is 3. The van der Waals surface area contributed by atoms with Crippen LogP contribution in [0.25, 0.3) is 0 Å². The van der Waals surface area contributed by atoms with Gasteiger partial charge >= 0.3 is 19.3 Å². The Hall–Kier alpha value is -2.66. The van der Waals surface area contributed by atoms with Crippen molar-refractivity contribution < 1.29 is 37.4 Å². The minimum absolute atomic E-state index is 0.0746. The fourth-order valence-corrected chi connectivity index (χ4v) is 3.24. The van der Waals surface area contributed by atoms with Crippen molar-refractivity contribution in [2.75, 3.05) is 30.5 Å². The number of carbonyl (C=O) groups excluding carboxylic acids is 1. The highest BCUT2D eigenvalue weighted by Crippen LogP contribution is 2.54.